The number of quaternary nitrogens is 1. The van der Waals surface area contributed by atoms with Crippen molar-refractivity contribution in [3.63, 3.8) is 0 Å². The van der Waals surface area contributed by atoms with E-state index in [1.807, 2.05) is 21.1 Å². The summed E-state index contributed by atoms with van der Waals surface area (Å²) in [5.41, 5.74) is 0. The molecule has 1 N–H and O–H groups in total. The van der Waals surface area contributed by atoms with E-state index in [9.17, 15) is 19.0 Å². The number of hydrogen-bond donors (Lipinski definition) is 1. The van der Waals surface area contributed by atoms with Gasteiger partial charge in [0.25, 0.3) is 0 Å². The van der Waals surface area contributed by atoms with Gasteiger partial charge in [0, 0.05) is 12.8 Å². The second-order valence-electron chi connectivity index (χ2n) is 21.7. The first-order valence-electron chi connectivity index (χ1n) is 30.8. The molecule has 10 heteroatoms. The van der Waals surface area contributed by atoms with Gasteiger partial charge in [-0.2, -0.15) is 0 Å². The summed E-state index contributed by atoms with van der Waals surface area (Å²) in [6.45, 7) is 4.27. The molecule has 434 valence electrons. The van der Waals surface area contributed by atoms with Crippen LogP contribution in [0.25, 0.3) is 0 Å². The Morgan fingerprint density at radius 3 is 1.13 bits per heavy atom. The van der Waals surface area contributed by atoms with Crippen LogP contribution in [0.1, 0.15) is 264 Å². The van der Waals surface area contributed by atoms with Gasteiger partial charge in [0.15, 0.2) is 6.10 Å². The van der Waals surface area contributed by atoms with Crippen molar-refractivity contribution in [2.45, 2.75) is 270 Å². The molecule has 0 aliphatic heterocycles. The number of likely N-dealkylation sites (N-methyl/N-ethyl adjacent to an activating group) is 1. The summed E-state index contributed by atoms with van der Waals surface area (Å²) in [7, 11) is 1.47. The van der Waals surface area contributed by atoms with Crippen LogP contribution in [0.2, 0.25) is 0 Å². The number of esters is 2. The van der Waals surface area contributed by atoms with Gasteiger partial charge in [-0.15, -0.1) is 0 Å². The molecular formula is C65H117NO8P+. The van der Waals surface area contributed by atoms with Gasteiger partial charge < -0.3 is 18.9 Å². The smallest absolute Gasteiger partial charge is 0.462 e. The monoisotopic (exact) mass is 1070 g/mol. The van der Waals surface area contributed by atoms with Gasteiger partial charge in [0.1, 0.15) is 19.8 Å². The average Bonchev–Trinajstić information content (AvgIpc) is 3.37. The number of hydrogen-bond acceptors (Lipinski definition) is 7. The molecule has 0 amide bonds. The fourth-order valence-electron chi connectivity index (χ4n) is 8.41. The lowest BCUT2D eigenvalue weighted by Crippen LogP contribution is -2.37. The Balaban J connectivity index is 3.97. The number of unbranched alkanes of at least 4 members (excludes halogenated alkanes) is 28. The molecule has 0 heterocycles. The molecule has 2 atom stereocenters. The molecule has 0 aromatic carbocycles. The second kappa shape index (κ2) is 55.9. The van der Waals surface area contributed by atoms with Crippen molar-refractivity contribution in [3.05, 3.63) is 85.1 Å². The minimum absolute atomic E-state index is 0.0282. The van der Waals surface area contributed by atoms with Gasteiger partial charge in [0.2, 0.25) is 0 Å². The number of rotatable bonds is 56. The van der Waals surface area contributed by atoms with Crippen LogP contribution in [-0.2, 0) is 32.7 Å². The van der Waals surface area contributed by atoms with Crippen molar-refractivity contribution in [3.8, 4) is 0 Å². The van der Waals surface area contributed by atoms with Crippen molar-refractivity contribution in [1.82, 2.24) is 0 Å². The zero-order valence-corrected chi connectivity index (χ0v) is 50.2. The molecule has 0 saturated carbocycles. The average molecular weight is 1070 g/mol. The van der Waals surface area contributed by atoms with Crippen molar-refractivity contribution in [2.75, 3.05) is 47.5 Å². The molecule has 2 unspecified atom stereocenters. The van der Waals surface area contributed by atoms with E-state index in [0.29, 0.717) is 17.4 Å². The first kappa shape index (κ1) is 72.2. The predicted octanol–water partition coefficient (Wildman–Crippen LogP) is 19.4. The molecule has 0 aliphatic carbocycles. The zero-order chi connectivity index (χ0) is 54.9. The fraction of sp³-hybridized carbons (Fsp3) is 0.754. The molecule has 9 nitrogen and oxygen atoms in total. The van der Waals surface area contributed by atoms with E-state index in [1.54, 1.807) is 0 Å². The van der Waals surface area contributed by atoms with Crippen LogP contribution in [0.5, 0.6) is 0 Å². The lowest BCUT2D eigenvalue weighted by atomic mass is 10.0. The molecule has 0 radical (unpaired) electrons. The quantitative estimate of drug-likeness (QED) is 0.0211. The van der Waals surface area contributed by atoms with Gasteiger partial charge in [0.05, 0.1) is 27.7 Å². The van der Waals surface area contributed by atoms with Crippen LogP contribution in [0, 0.1) is 0 Å². The van der Waals surface area contributed by atoms with E-state index >= 15 is 0 Å². The van der Waals surface area contributed by atoms with E-state index < -0.39 is 26.5 Å². The van der Waals surface area contributed by atoms with Crippen LogP contribution < -0.4 is 0 Å². The van der Waals surface area contributed by atoms with E-state index in [4.69, 9.17) is 18.5 Å². The Hall–Kier alpha value is -2.81. The number of phosphoric ester groups is 1. The molecule has 0 aliphatic rings. The van der Waals surface area contributed by atoms with Crippen molar-refractivity contribution >= 4 is 19.8 Å². The number of carbonyl (C=O) groups excluding carboxylic acids is 2. The topological polar surface area (TPSA) is 108 Å². The zero-order valence-electron chi connectivity index (χ0n) is 49.3. The third kappa shape index (κ3) is 60.3. The molecule has 0 fully saturated rings. The number of nitrogens with zero attached hydrogens (tertiary/aromatic N) is 1. The summed E-state index contributed by atoms with van der Waals surface area (Å²) < 4.78 is 34.5. The lowest BCUT2D eigenvalue weighted by Gasteiger charge is -2.24. The van der Waals surface area contributed by atoms with E-state index in [-0.39, 0.29) is 32.0 Å². The van der Waals surface area contributed by atoms with Crippen LogP contribution in [-0.4, -0.2) is 74.9 Å². The highest BCUT2D eigenvalue weighted by Crippen LogP contribution is 2.43. The van der Waals surface area contributed by atoms with Crippen molar-refractivity contribution < 1.29 is 42.1 Å². The molecule has 0 spiro atoms. The van der Waals surface area contributed by atoms with Crippen molar-refractivity contribution in [2.24, 2.45) is 0 Å². The summed E-state index contributed by atoms with van der Waals surface area (Å²) >= 11 is 0. The molecular weight excluding hydrogens is 954 g/mol. The normalized spacial score (nSPS) is 13.8. The molecule has 0 saturated heterocycles. The number of ether oxygens (including phenoxy) is 2. The SMILES string of the molecule is CC/C=C\C/C=C\C/C=C\C/C=C\C/C=C\CCCCCCCCCCCCCCCCCCCCCCCC(=O)OC(COC(=O)CCCCCCC/C=C\C/C=C\CCCC)COP(=O)(O)OCC[N+](C)(C)C. The largest absolute Gasteiger partial charge is 0.472 e. The van der Waals surface area contributed by atoms with Gasteiger partial charge >= 0.3 is 19.8 Å². The number of carbonyl (C=O) groups is 2. The van der Waals surface area contributed by atoms with Crippen LogP contribution >= 0.6 is 7.82 Å². The van der Waals surface area contributed by atoms with E-state index in [1.165, 1.54) is 135 Å². The van der Waals surface area contributed by atoms with Gasteiger partial charge in [-0.3, -0.25) is 18.6 Å². The van der Waals surface area contributed by atoms with Crippen LogP contribution in [0.15, 0.2) is 85.1 Å². The van der Waals surface area contributed by atoms with Gasteiger partial charge in [-0.1, -0.05) is 253 Å². The molecule has 0 bridgehead atoms. The maximum absolute atomic E-state index is 12.8. The lowest BCUT2D eigenvalue weighted by molar-refractivity contribution is -0.870. The number of allylic oxidation sites excluding steroid dienone is 14. The molecule has 0 aromatic heterocycles. The summed E-state index contributed by atoms with van der Waals surface area (Å²) in [5, 5.41) is 0. The number of phosphoric acid groups is 1. The first-order chi connectivity index (χ1) is 36.5. The van der Waals surface area contributed by atoms with E-state index in [0.717, 1.165) is 96.3 Å². The third-order valence-corrected chi connectivity index (χ3v) is 14.1. The summed E-state index contributed by atoms with van der Waals surface area (Å²) in [6.07, 6.45) is 75.4. The molecule has 0 rings (SSSR count). The fourth-order valence-corrected chi connectivity index (χ4v) is 9.15. The van der Waals surface area contributed by atoms with Gasteiger partial charge in [-0.25, -0.2) is 4.57 Å². The first-order valence-corrected chi connectivity index (χ1v) is 32.3. The second-order valence-corrected chi connectivity index (χ2v) is 23.2. The highest BCUT2D eigenvalue weighted by Gasteiger charge is 2.27. The Kier molecular flexibility index (Phi) is 53.8. The standard InChI is InChI=1S/C65H116NO8P/c1-6-8-10-12-14-16-18-20-22-23-24-25-26-27-28-29-30-31-32-33-34-35-36-37-38-39-40-41-42-43-44-46-48-50-52-54-56-58-65(68)74-63(62-73-75(69,70)72-60-59-66(3,4)5)61-71-64(67)57-55-53-51-49-47-45-21-19-17-15-13-11-9-7-2/h8,10,13-16,19-22,24-25,27-28,63H,6-7,9,11-12,17-18,23,26,29-62H2,1-5H3/p+1/b10-8-,15-13-,16-14-,21-19-,22-20-,25-24-,28-27-. The third-order valence-electron chi connectivity index (χ3n) is 13.2. The summed E-state index contributed by atoms with van der Waals surface area (Å²) in [6, 6.07) is 0. The minimum Gasteiger partial charge on any atom is -0.462 e. The Morgan fingerprint density at radius 1 is 0.427 bits per heavy atom. The van der Waals surface area contributed by atoms with E-state index in [2.05, 4.69) is 98.9 Å². The minimum atomic E-state index is -4.39. The highest BCUT2D eigenvalue weighted by atomic mass is 31.2. The molecule has 0 aromatic rings. The van der Waals surface area contributed by atoms with Crippen LogP contribution in [0.3, 0.4) is 0 Å². The molecule has 75 heavy (non-hydrogen) atoms. The Labute approximate surface area is 462 Å². The van der Waals surface area contributed by atoms with Crippen molar-refractivity contribution in [1.29, 1.82) is 0 Å². The van der Waals surface area contributed by atoms with Gasteiger partial charge in [-0.05, 0) is 83.5 Å². The van der Waals surface area contributed by atoms with Crippen LogP contribution in [0.4, 0.5) is 0 Å². The highest BCUT2D eigenvalue weighted by molar-refractivity contribution is 7.47. The maximum atomic E-state index is 12.8. The predicted molar refractivity (Wildman–Crippen MR) is 321 cm³/mol. The Bertz CT molecular complexity index is 1540. The maximum Gasteiger partial charge on any atom is 0.472 e. The summed E-state index contributed by atoms with van der Waals surface area (Å²) in [4.78, 5) is 35.6. The summed E-state index contributed by atoms with van der Waals surface area (Å²) in [5.74, 6) is -0.808. The Morgan fingerprint density at radius 2 is 0.760 bits per heavy atom.